The van der Waals surface area contributed by atoms with Crippen molar-refractivity contribution in [2.24, 2.45) is 0 Å². The zero-order chi connectivity index (χ0) is 19.9. The Kier molecular flexibility index (Phi) is 5.86. The second kappa shape index (κ2) is 8.68. The van der Waals surface area contributed by atoms with Gasteiger partial charge >= 0.3 is 12.1 Å². The first kappa shape index (κ1) is 18.9. The Morgan fingerprint density at radius 2 is 1.71 bits per heavy atom. The molecule has 7 heteroatoms. The highest BCUT2D eigenvalue weighted by Crippen LogP contribution is 2.19. The summed E-state index contributed by atoms with van der Waals surface area (Å²) >= 11 is 0. The molecule has 0 aliphatic rings. The van der Waals surface area contributed by atoms with Crippen LogP contribution in [0.4, 0.5) is 16.3 Å². The van der Waals surface area contributed by atoms with Crippen LogP contribution >= 0.6 is 0 Å². The van der Waals surface area contributed by atoms with Crippen molar-refractivity contribution in [1.29, 1.82) is 0 Å². The number of nitrogens with two attached hydrogens (primary N) is 1. The molecule has 0 atom stereocenters. The summed E-state index contributed by atoms with van der Waals surface area (Å²) in [6.45, 7) is 0.215. The van der Waals surface area contributed by atoms with Gasteiger partial charge in [-0.1, -0.05) is 18.2 Å². The molecule has 0 spiro atoms. The molecule has 3 aromatic rings. The van der Waals surface area contributed by atoms with Crippen LogP contribution < -0.4 is 15.4 Å². The standard InChI is InChI=1S/C21H19N3O4/c1-27-20(25)16-7-5-15(6-8-16)14-24(19-4-2-3-13-23-19)21(26)28-18-11-9-17(22)10-12-18/h2-13H,14,22H2,1H3. The molecule has 28 heavy (non-hydrogen) atoms. The molecule has 1 aromatic heterocycles. The van der Waals surface area contributed by atoms with Gasteiger partial charge in [-0.3, -0.25) is 4.90 Å². The first-order chi connectivity index (χ1) is 13.6. The summed E-state index contributed by atoms with van der Waals surface area (Å²) in [5.74, 6) is 0.400. The summed E-state index contributed by atoms with van der Waals surface area (Å²) in [4.78, 5) is 30.0. The molecule has 0 radical (unpaired) electrons. The van der Waals surface area contributed by atoms with Crippen LogP contribution in [0.3, 0.4) is 0 Å². The van der Waals surface area contributed by atoms with E-state index in [1.807, 2.05) is 0 Å². The Morgan fingerprint density at radius 1 is 1.00 bits per heavy atom. The summed E-state index contributed by atoms with van der Waals surface area (Å²) in [7, 11) is 1.33. The van der Waals surface area contributed by atoms with E-state index in [1.54, 1.807) is 72.9 Å². The van der Waals surface area contributed by atoms with E-state index in [4.69, 9.17) is 15.2 Å². The van der Waals surface area contributed by atoms with Crippen LogP contribution in [-0.2, 0) is 11.3 Å². The molecular formula is C21H19N3O4. The lowest BCUT2D eigenvalue weighted by Gasteiger charge is -2.21. The molecule has 7 nitrogen and oxygen atoms in total. The summed E-state index contributed by atoms with van der Waals surface area (Å²) < 4.78 is 10.2. The Bertz CT molecular complexity index is 942. The maximum atomic E-state index is 12.8. The molecule has 2 aromatic carbocycles. The van der Waals surface area contributed by atoms with E-state index in [9.17, 15) is 9.59 Å². The predicted molar refractivity (Wildman–Crippen MR) is 105 cm³/mol. The van der Waals surface area contributed by atoms with Crippen molar-refractivity contribution >= 4 is 23.6 Å². The van der Waals surface area contributed by atoms with Crippen LogP contribution in [0.1, 0.15) is 15.9 Å². The fourth-order valence-electron chi connectivity index (χ4n) is 2.49. The lowest BCUT2D eigenvalue weighted by Crippen LogP contribution is -2.33. The quantitative estimate of drug-likeness (QED) is 0.539. The number of esters is 1. The van der Waals surface area contributed by atoms with Gasteiger partial charge in [-0.15, -0.1) is 0 Å². The number of pyridine rings is 1. The normalized spacial score (nSPS) is 10.2. The van der Waals surface area contributed by atoms with Crippen molar-refractivity contribution in [3.8, 4) is 5.75 Å². The lowest BCUT2D eigenvalue weighted by atomic mass is 10.1. The zero-order valence-corrected chi connectivity index (χ0v) is 15.2. The summed E-state index contributed by atoms with van der Waals surface area (Å²) in [5.41, 5.74) is 7.47. The number of anilines is 2. The van der Waals surface area contributed by atoms with Crippen LogP contribution in [0.2, 0.25) is 0 Å². The summed E-state index contributed by atoms with van der Waals surface area (Å²) in [6, 6.07) is 18.6. The zero-order valence-electron chi connectivity index (χ0n) is 15.2. The lowest BCUT2D eigenvalue weighted by molar-refractivity contribution is 0.0600. The molecule has 3 rings (SSSR count). The van der Waals surface area contributed by atoms with Crippen molar-refractivity contribution < 1.29 is 19.1 Å². The monoisotopic (exact) mass is 377 g/mol. The molecule has 0 unspecified atom stereocenters. The number of benzene rings is 2. The maximum absolute atomic E-state index is 12.8. The first-order valence-corrected chi connectivity index (χ1v) is 8.50. The second-order valence-corrected chi connectivity index (χ2v) is 5.90. The number of carbonyl (C=O) groups excluding carboxylic acids is 2. The number of hydrogen-bond acceptors (Lipinski definition) is 6. The second-order valence-electron chi connectivity index (χ2n) is 5.90. The van der Waals surface area contributed by atoms with Gasteiger partial charge in [0.1, 0.15) is 11.6 Å². The van der Waals surface area contributed by atoms with Crippen molar-refractivity contribution in [1.82, 2.24) is 4.98 Å². The smallest absolute Gasteiger partial charge is 0.421 e. The fraction of sp³-hybridized carbons (Fsp3) is 0.0952. The van der Waals surface area contributed by atoms with Gasteiger partial charge in [0.15, 0.2) is 0 Å². The summed E-state index contributed by atoms with van der Waals surface area (Å²) in [6.07, 6.45) is 1.01. The topological polar surface area (TPSA) is 94.8 Å². The minimum Gasteiger partial charge on any atom is -0.465 e. The average molecular weight is 377 g/mol. The maximum Gasteiger partial charge on any atom is 0.421 e. The van der Waals surface area contributed by atoms with E-state index in [-0.39, 0.29) is 6.54 Å². The number of nitrogens with zero attached hydrogens (tertiary/aromatic N) is 2. The third kappa shape index (κ3) is 4.64. The molecule has 0 aliphatic carbocycles. The number of amides is 1. The van der Waals surface area contributed by atoms with Gasteiger partial charge < -0.3 is 15.2 Å². The Morgan fingerprint density at radius 3 is 2.32 bits per heavy atom. The average Bonchev–Trinajstić information content (AvgIpc) is 2.74. The van der Waals surface area contributed by atoms with Gasteiger partial charge in [0.2, 0.25) is 0 Å². The Balaban J connectivity index is 1.82. The summed E-state index contributed by atoms with van der Waals surface area (Å²) in [5, 5.41) is 0. The SMILES string of the molecule is COC(=O)c1ccc(CN(C(=O)Oc2ccc(N)cc2)c2ccccn2)cc1. The van der Waals surface area contributed by atoms with Gasteiger partial charge in [-0.2, -0.15) is 0 Å². The van der Waals surface area contributed by atoms with Crippen molar-refractivity contribution in [3.63, 3.8) is 0 Å². The van der Waals surface area contributed by atoms with Gasteiger partial charge in [0, 0.05) is 11.9 Å². The molecule has 2 N–H and O–H groups in total. The van der Waals surface area contributed by atoms with Crippen molar-refractivity contribution in [2.75, 3.05) is 17.7 Å². The largest absolute Gasteiger partial charge is 0.465 e. The van der Waals surface area contributed by atoms with Gasteiger partial charge in [-0.05, 0) is 54.1 Å². The van der Waals surface area contributed by atoms with Gasteiger partial charge in [0.25, 0.3) is 0 Å². The number of ether oxygens (including phenoxy) is 2. The van der Waals surface area contributed by atoms with Crippen LogP contribution in [0, 0.1) is 0 Å². The van der Waals surface area contributed by atoms with E-state index in [0.717, 1.165) is 5.56 Å². The van der Waals surface area contributed by atoms with Gasteiger partial charge in [0.05, 0.1) is 19.2 Å². The molecule has 1 heterocycles. The highest BCUT2D eigenvalue weighted by Gasteiger charge is 2.20. The van der Waals surface area contributed by atoms with Crippen LogP contribution in [-0.4, -0.2) is 24.2 Å². The molecule has 1 amide bonds. The van der Waals surface area contributed by atoms with E-state index in [0.29, 0.717) is 22.8 Å². The van der Waals surface area contributed by atoms with Crippen molar-refractivity contribution in [3.05, 3.63) is 84.1 Å². The first-order valence-electron chi connectivity index (χ1n) is 8.50. The van der Waals surface area contributed by atoms with Crippen LogP contribution in [0.15, 0.2) is 72.9 Å². The van der Waals surface area contributed by atoms with E-state index in [2.05, 4.69) is 4.98 Å². The van der Waals surface area contributed by atoms with Crippen molar-refractivity contribution in [2.45, 2.75) is 6.54 Å². The molecule has 0 saturated carbocycles. The molecule has 142 valence electrons. The third-order valence-corrected chi connectivity index (χ3v) is 3.95. The number of nitrogen functional groups attached to an aromatic ring is 1. The number of hydrogen-bond donors (Lipinski definition) is 1. The minimum absolute atomic E-state index is 0.215. The fourth-order valence-corrected chi connectivity index (χ4v) is 2.49. The Hall–Kier alpha value is -3.87. The van der Waals surface area contributed by atoms with Crippen LogP contribution in [0.5, 0.6) is 5.75 Å². The van der Waals surface area contributed by atoms with E-state index < -0.39 is 12.1 Å². The third-order valence-electron chi connectivity index (χ3n) is 3.95. The molecule has 0 bridgehead atoms. The number of rotatable bonds is 5. The highest BCUT2D eigenvalue weighted by molar-refractivity contribution is 5.90. The molecule has 0 aliphatic heterocycles. The van der Waals surface area contributed by atoms with E-state index in [1.165, 1.54) is 12.0 Å². The van der Waals surface area contributed by atoms with E-state index >= 15 is 0 Å². The number of methoxy groups -OCH3 is 1. The molecular weight excluding hydrogens is 358 g/mol. The number of aromatic nitrogens is 1. The predicted octanol–water partition coefficient (Wildman–Crippen LogP) is 3.66. The van der Waals surface area contributed by atoms with Crippen LogP contribution in [0.25, 0.3) is 0 Å². The highest BCUT2D eigenvalue weighted by atomic mass is 16.6. The molecule has 0 fully saturated rings. The van der Waals surface area contributed by atoms with Gasteiger partial charge in [-0.25, -0.2) is 14.6 Å². The molecule has 0 saturated heterocycles. The minimum atomic E-state index is -0.583. The number of carbonyl (C=O) groups is 2. The Labute approximate surface area is 162 Å².